The van der Waals surface area contributed by atoms with Crippen LogP contribution in [0.3, 0.4) is 0 Å². The first-order valence-corrected chi connectivity index (χ1v) is 7.21. The summed E-state index contributed by atoms with van der Waals surface area (Å²) in [7, 11) is 1.69. The highest BCUT2D eigenvalue weighted by atomic mass is 16.7. The zero-order valence-electron chi connectivity index (χ0n) is 12.2. The van der Waals surface area contributed by atoms with Crippen LogP contribution in [-0.4, -0.2) is 32.2 Å². The van der Waals surface area contributed by atoms with E-state index in [2.05, 4.69) is 13.8 Å². The third-order valence-electron chi connectivity index (χ3n) is 4.45. The van der Waals surface area contributed by atoms with E-state index in [9.17, 15) is 0 Å². The third-order valence-corrected chi connectivity index (χ3v) is 4.45. The van der Waals surface area contributed by atoms with Crippen LogP contribution < -0.4 is 0 Å². The lowest BCUT2D eigenvalue weighted by atomic mass is 9.84. The first kappa shape index (κ1) is 14.0. The Morgan fingerprint density at radius 2 is 1.80 bits per heavy atom. The second kappa shape index (κ2) is 5.82. The summed E-state index contributed by atoms with van der Waals surface area (Å²) in [5.74, 6) is 0.671. The molecule has 2 aliphatic heterocycles. The summed E-state index contributed by atoms with van der Waals surface area (Å²) < 4.78 is 23.3. The average molecular weight is 278 g/mol. The van der Waals surface area contributed by atoms with Crippen LogP contribution in [0, 0.1) is 11.8 Å². The molecular formula is C16H22O4. The van der Waals surface area contributed by atoms with Crippen LogP contribution in [0.15, 0.2) is 30.3 Å². The van der Waals surface area contributed by atoms with Gasteiger partial charge in [0.1, 0.15) is 6.10 Å². The van der Waals surface area contributed by atoms with Crippen molar-refractivity contribution in [2.45, 2.75) is 38.6 Å². The molecule has 0 aromatic heterocycles. The summed E-state index contributed by atoms with van der Waals surface area (Å²) in [6, 6.07) is 10.0. The van der Waals surface area contributed by atoms with Gasteiger partial charge in [-0.25, -0.2) is 0 Å². The number of ether oxygens (including phenoxy) is 4. The number of hydrogen-bond acceptors (Lipinski definition) is 4. The van der Waals surface area contributed by atoms with Gasteiger partial charge in [0.15, 0.2) is 12.6 Å². The minimum atomic E-state index is -0.296. The fourth-order valence-corrected chi connectivity index (χ4v) is 3.02. The highest BCUT2D eigenvalue weighted by Crippen LogP contribution is 2.39. The topological polar surface area (TPSA) is 36.9 Å². The van der Waals surface area contributed by atoms with Crippen LogP contribution in [0.5, 0.6) is 0 Å². The van der Waals surface area contributed by atoms with Crippen molar-refractivity contribution in [2.24, 2.45) is 11.8 Å². The molecule has 2 fully saturated rings. The molecule has 0 spiro atoms. The molecule has 4 nitrogen and oxygen atoms in total. The Kier molecular flexibility index (Phi) is 4.08. The predicted octanol–water partition coefficient (Wildman–Crippen LogP) is 2.74. The van der Waals surface area contributed by atoms with Gasteiger partial charge in [-0.05, 0) is 5.92 Å². The summed E-state index contributed by atoms with van der Waals surface area (Å²) in [4.78, 5) is 0. The van der Waals surface area contributed by atoms with Gasteiger partial charge in [-0.15, -0.1) is 0 Å². The van der Waals surface area contributed by atoms with E-state index in [1.54, 1.807) is 7.11 Å². The Balaban J connectivity index is 1.74. The van der Waals surface area contributed by atoms with Crippen LogP contribution in [0.25, 0.3) is 0 Å². The molecular weight excluding hydrogens is 256 g/mol. The van der Waals surface area contributed by atoms with Crippen molar-refractivity contribution < 1.29 is 18.9 Å². The van der Waals surface area contributed by atoms with Gasteiger partial charge in [0.25, 0.3) is 0 Å². The molecule has 4 heteroatoms. The van der Waals surface area contributed by atoms with Gasteiger partial charge in [0.05, 0.1) is 12.7 Å². The number of methoxy groups -OCH3 is 1. The van der Waals surface area contributed by atoms with Gasteiger partial charge in [-0.1, -0.05) is 44.2 Å². The summed E-state index contributed by atoms with van der Waals surface area (Å²) in [5, 5.41) is 0. The third kappa shape index (κ3) is 2.49. The van der Waals surface area contributed by atoms with E-state index in [1.807, 2.05) is 30.3 Å². The molecule has 2 aliphatic rings. The Labute approximate surface area is 120 Å². The molecule has 2 saturated heterocycles. The van der Waals surface area contributed by atoms with Crippen LogP contribution in [0.4, 0.5) is 0 Å². The Morgan fingerprint density at radius 1 is 1.05 bits per heavy atom. The number of rotatable bonds is 2. The number of benzene rings is 1. The van der Waals surface area contributed by atoms with Crippen LogP contribution in [0.2, 0.25) is 0 Å². The van der Waals surface area contributed by atoms with Crippen molar-refractivity contribution in [2.75, 3.05) is 13.7 Å². The minimum Gasteiger partial charge on any atom is -0.356 e. The van der Waals surface area contributed by atoms with Crippen molar-refractivity contribution in [3.05, 3.63) is 35.9 Å². The van der Waals surface area contributed by atoms with E-state index in [0.717, 1.165) is 5.56 Å². The second-order valence-electron chi connectivity index (χ2n) is 5.67. The molecule has 0 N–H and O–H groups in total. The lowest BCUT2D eigenvalue weighted by molar-refractivity contribution is -0.339. The lowest BCUT2D eigenvalue weighted by Gasteiger charge is -2.47. The highest BCUT2D eigenvalue weighted by Gasteiger charge is 2.46. The first-order chi connectivity index (χ1) is 9.70. The molecule has 6 atom stereocenters. The molecule has 20 heavy (non-hydrogen) atoms. The van der Waals surface area contributed by atoms with Crippen LogP contribution >= 0.6 is 0 Å². The van der Waals surface area contributed by atoms with E-state index in [0.29, 0.717) is 18.4 Å². The van der Waals surface area contributed by atoms with E-state index < -0.39 is 0 Å². The minimum absolute atomic E-state index is 0.0499. The molecule has 0 amide bonds. The smallest absolute Gasteiger partial charge is 0.184 e. The SMILES string of the molecule is COC1O[C@@H]2COC(c3ccccc3)O[C@@H]2[C@H](C)[C@H]1C. The van der Waals surface area contributed by atoms with E-state index >= 15 is 0 Å². The van der Waals surface area contributed by atoms with E-state index in [1.165, 1.54) is 0 Å². The first-order valence-electron chi connectivity index (χ1n) is 7.21. The molecule has 2 heterocycles. The fourth-order valence-electron chi connectivity index (χ4n) is 3.02. The summed E-state index contributed by atoms with van der Waals surface area (Å²) in [5.41, 5.74) is 1.06. The van der Waals surface area contributed by atoms with E-state index in [4.69, 9.17) is 18.9 Å². The van der Waals surface area contributed by atoms with E-state index in [-0.39, 0.29) is 24.8 Å². The van der Waals surface area contributed by atoms with Gasteiger partial charge in [-0.2, -0.15) is 0 Å². The molecule has 2 unspecified atom stereocenters. The van der Waals surface area contributed by atoms with Gasteiger partial charge >= 0.3 is 0 Å². The normalized spacial score (nSPS) is 41.1. The fraction of sp³-hybridized carbons (Fsp3) is 0.625. The molecule has 1 aromatic rings. The molecule has 3 rings (SSSR count). The average Bonchev–Trinajstić information content (AvgIpc) is 2.51. The Morgan fingerprint density at radius 3 is 2.50 bits per heavy atom. The van der Waals surface area contributed by atoms with Gasteiger partial charge in [-0.3, -0.25) is 0 Å². The summed E-state index contributed by atoms with van der Waals surface area (Å²) >= 11 is 0. The van der Waals surface area contributed by atoms with Gasteiger partial charge in [0.2, 0.25) is 0 Å². The predicted molar refractivity (Wildman–Crippen MR) is 74.0 cm³/mol. The summed E-state index contributed by atoms with van der Waals surface area (Å²) in [6.45, 7) is 4.89. The van der Waals surface area contributed by atoms with Crippen molar-refractivity contribution in [1.82, 2.24) is 0 Å². The largest absolute Gasteiger partial charge is 0.356 e. The van der Waals surface area contributed by atoms with Crippen LogP contribution in [0.1, 0.15) is 25.7 Å². The zero-order chi connectivity index (χ0) is 14.1. The summed E-state index contributed by atoms with van der Waals surface area (Å²) in [6.07, 6.45) is -0.469. The van der Waals surface area contributed by atoms with Crippen LogP contribution in [-0.2, 0) is 18.9 Å². The monoisotopic (exact) mass is 278 g/mol. The Hall–Kier alpha value is -0.940. The maximum atomic E-state index is 6.15. The maximum Gasteiger partial charge on any atom is 0.184 e. The number of fused-ring (bicyclic) bond motifs is 1. The van der Waals surface area contributed by atoms with Crippen molar-refractivity contribution in [3.63, 3.8) is 0 Å². The second-order valence-corrected chi connectivity index (χ2v) is 5.67. The standard InChI is InChI=1S/C16H22O4/c1-10-11(2)15(17-3)19-13-9-18-16(20-14(10)13)12-7-5-4-6-8-12/h4-8,10-11,13-16H,9H2,1-3H3/t10-,11-,13-,14-,15?,16?/m1/s1. The molecule has 0 saturated carbocycles. The maximum absolute atomic E-state index is 6.15. The molecule has 0 bridgehead atoms. The van der Waals surface area contributed by atoms with Crippen molar-refractivity contribution >= 4 is 0 Å². The molecule has 1 aromatic carbocycles. The molecule has 0 aliphatic carbocycles. The number of hydrogen-bond donors (Lipinski definition) is 0. The highest BCUT2D eigenvalue weighted by molar-refractivity contribution is 5.16. The van der Waals surface area contributed by atoms with Crippen molar-refractivity contribution in [3.8, 4) is 0 Å². The zero-order valence-corrected chi connectivity index (χ0v) is 12.2. The van der Waals surface area contributed by atoms with Gasteiger partial charge in [0, 0.05) is 18.6 Å². The van der Waals surface area contributed by atoms with Gasteiger partial charge < -0.3 is 18.9 Å². The molecule has 0 radical (unpaired) electrons. The Bertz CT molecular complexity index is 433. The lowest BCUT2D eigenvalue weighted by Crippen LogP contribution is -2.55. The van der Waals surface area contributed by atoms with Crippen molar-refractivity contribution in [1.29, 1.82) is 0 Å². The molecule has 110 valence electrons. The quantitative estimate of drug-likeness (QED) is 0.833.